The molecular formula is C23H29BrN2O3. The molecule has 1 heterocycles. The van der Waals surface area contributed by atoms with Crippen LogP contribution in [0.1, 0.15) is 36.5 Å². The number of carbonyl (C=O) groups is 1. The minimum Gasteiger partial charge on any atom is -0.483 e. The Morgan fingerprint density at radius 2 is 1.83 bits per heavy atom. The minimum atomic E-state index is -0.137. The third kappa shape index (κ3) is 6.84. The van der Waals surface area contributed by atoms with E-state index in [2.05, 4.69) is 64.3 Å². The summed E-state index contributed by atoms with van der Waals surface area (Å²) in [5.41, 5.74) is 3.58. The molecule has 3 rings (SSSR count). The van der Waals surface area contributed by atoms with E-state index in [9.17, 15) is 4.79 Å². The molecule has 0 aromatic heterocycles. The summed E-state index contributed by atoms with van der Waals surface area (Å²) in [4.78, 5) is 14.5. The average molecular weight is 461 g/mol. The Morgan fingerprint density at radius 1 is 1.14 bits per heavy atom. The van der Waals surface area contributed by atoms with Crippen LogP contribution in [0.15, 0.2) is 46.9 Å². The van der Waals surface area contributed by atoms with Gasteiger partial charge in [0.25, 0.3) is 5.91 Å². The average Bonchev–Trinajstić information content (AvgIpc) is 2.73. The Hall–Kier alpha value is -1.89. The summed E-state index contributed by atoms with van der Waals surface area (Å²) in [5.74, 6) is 0.989. The van der Waals surface area contributed by atoms with Crippen molar-refractivity contribution in [1.82, 2.24) is 10.2 Å². The van der Waals surface area contributed by atoms with Gasteiger partial charge in [0.15, 0.2) is 6.61 Å². The van der Waals surface area contributed by atoms with Gasteiger partial charge < -0.3 is 14.8 Å². The lowest BCUT2D eigenvalue weighted by atomic mass is 10.0. The van der Waals surface area contributed by atoms with Crippen LogP contribution < -0.4 is 10.1 Å². The zero-order valence-electron chi connectivity index (χ0n) is 17.1. The van der Waals surface area contributed by atoms with Crippen LogP contribution in [0, 0.1) is 0 Å². The van der Waals surface area contributed by atoms with Gasteiger partial charge in [-0.3, -0.25) is 9.69 Å². The highest BCUT2D eigenvalue weighted by molar-refractivity contribution is 9.10. The molecule has 1 aliphatic rings. The molecule has 156 valence electrons. The Kier molecular flexibility index (Phi) is 8.09. The highest BCUT2D eigenvalue weighted by Crippen LogP contribution is 2.28. The van der Waals surface area contributed by atoms with Crippen LogP contribution in [0.4, 0.5) is 0 Å². The SMILES string of the molecule is CC(C)c1ccc(OCC(=O)NCc2ccc(CN3CCOCC3)cc2)c(Br)c1. The van der Waals surface area contributed by atoms with Gasteiger partial charge in [-0.25, -0.2) is 0 Å². The van der Waals surface area contributed by atoms with E-state index in [1.807, 2.05) is 18.2 Å². The van der Waals surface area contributed by atoms with Crippen molar-refractivity contribution >= 4 is 21.8 Å². The number of hydrogen-bond acceptors (Lipinski definition) is 4. The van der Waals surface area contributed by atoms with Crippen molar-refractivity contribution in [1.29, 1.82) is 0 Å². The zero-order valence-corrected chi connectivity index (χ0v) is 18.7. The summed E-state index contributed by atoms with van der Waals surface area (Å²) in [7, 11) is 0. The molecular weight excluding hydrogens is 432 g/mol. The maximum Gasteiger partial charge on any atom is 0.258 e. The van der Waals surface area contributed by atoms with Crippen LogP contribution in [-0.4, -0.2) is 43.7 Å². The van der Waals surface area contributed by atoms with Gasteiger partial charge in [-0.1, -0.05) is 44.2 Å². The molecule has 1 amide bonds. The van der Waals surface area contributed by atoms with E-state index in [-0.39, 0.29) is 12.5 Å². The quantitative estimate of drug-likeness (QED) is 0.643. The molecule has 1 N–H and O–H groups in total. The van der Waals surface area contributed by atoms with Gasteiger partial charge in [-0.15, -0.1) is 0 Å². The molecule has 1 aliphatic heterocycles. The predicted molar refractivity (Wildman–Crippen MR) is 118 cm³/mol. The molecule has 2 aromatic carbocycles. The predicted octanol–water partition coefficient (Wildman–Crippen LogP) is 4.10. The third-order valence-corrected chi connectivity index (χ3v) is 5.62. The number of hydrogen-bond donors (Lipinski definition) is 1. The van der Waals surface area contributed by atoms with Crippen molar-refractivity contribution < 1.29 is 14.3 Å². The molecule has 0 spiro atoms. The number of carbonyl (C=O) groups excluding carboxylic acids is 1. The van der Waals surface area contributed by atoms with Gasteiger partial charge in [-0.05, 0) is 50.7 Å². The highest BCUT2D eigenvalue weighted by Gasteiger charge is 2.11. The fourth-order valence-corrected chi connectivity index (χ4v) is 3.68. The largest absolute Gasteiger partial charge is 0.483 e. The molecule has 1 saturated heterocycles. The van der Waals surface area contributed by atoms with Gasteiger partial charge in [-0.2, -0.15) is 0 Å². The second-order valence-corrected chi connectivity index (χ2v) is 8.47. The maximum atomic E-state index is 12.1. The lowest BCUT2D eigenvalue weighted by Gasteiger charge is -2.26. The highest BCUT2D eigenvalue weighted by atomic mass is 79.9. The molecule has 0 aliphatic carbocycles. The van der Waals surface area contributed by atoms with Gasteiger partial charge in [0.05, 0.1) is 17.7 Å². The van der Waals surface area contributed by atoms with Crippen molar-refractivity contribution in [2.75, 3.05) is 32.9 Å². The topological polar surface area (TPSA) is 50.8 Å². The van der Waals surface area contributed by atoms with E-state index in [1.165, 1.54) is 11.1 Å². The maximum absolute atomic E-state index is 12.1. The molecule has 6 heteroatoms. The van der Waals surface area contributed by atoms with Crippen LogP contribution in [0.2, 0.25) is 0 Å². The van der Waals surface area contributed by atoms with E-state index in [0.717, 1.165) is 42.9 Å². The second kappa shape index (κ2) is 10.8. The number of morpholine rings is 1. The molecule has 0 atom stereocenters. The normalized spacial score (nSPS) is 14.8. The fraction of sp³-hybridized carbons (Fsp3) is 0.435. The Bertz CT molecular complexity index is 802. The van der Waals surface area contributed by atoms with Crippen LogP contribution in [0.5, 0.6) is 5.75 Å². The molecule has 0 radical (unpaired) electrons. The summed E-state index contributed by atoms with van der Waals surface area (Å²) in [6, 6.07) is 14.4. The number of rotatable bonds is 8. The molecule has 29 heavy (non-hydrogen) atoms. The first kappa shape index (κ1) is 21.8. The summed E-state index contributed by atoms with van der Waals surface area (Å²) in [6.07, 6.45) is 0. The molecule has 0 unspecified atom stereocenters. The molecule has 5 nitrogen and oxygen atoms in total. The van der Waals surface area contributed by atoms with Gasteiger partial charge in [0.1, 0.15) is 5.75 Å². The van der Waals surface area contributed by atoms with Gasteiger partial charge in [0, 0.05) is 26.2 Å². The molecule has 0 bridgehead atoms. The van der Waals surface area contributed by atoms with Crippen LogP contribution in [0.3, 0.4) is 0 Å². The van der Waals surface area contributed by atoms with Crippen molar-refractivity contribution in [2.45, 2.75) is 32.9 Å². The Balaban J connectivity index is 1.42. The van der Waals surface area contributed by atoms with E-state index in [4.69, 9.17) is 9.47 Å². The van der Waals surface area contributed by atoms with Crippen molar-refractivity contribution in [3.8, 4) is 5.75 Å². The Labute approximate surface area is 181 Å². The zero-order chi connectivity index (χ0) is 20.6. The summed E-state index contributed by atoms with van der Waals surface area (Å²) >= 11 is 3.52. The van der Waals surface area contributed by atoms with Gasteiger partial charge in [0.2, 0.25) is 0 Å². The van der Waals surface area contributed by atoms with Crippen LogP contribution in [-0.2, 0) is 22.6 Å². The Morgan fingerprint density at radius 3 is 2.48 bits per heavy atom. The van der Waals surface area contributed by atoms with Crippen molar-refractivity contribution in [3.63, 3.8) is 0 Å². The monoisotopic (exact) mass is 460 g/mol. The lowest BCUT2D eigenvalue weighted by Crippen LogP contribution is -2.35. The number of ether oxygens (including phenoxy) is 2. The van der Waals surface area contributed by atoms with Crippen LogP contribution >= 0.6 is 15.9 Å². The van der Waals surface area contributed by atoms with Crippen LogP contribution in [0.25, 0.3) is 0 Å². The fourth-order valence-electron chi connectivity index (χ4n) is 3.17. The smallest absolute Gasteiger partial charge is 0.258 e. The van der Waals surface area contributed by atoms with Crippen molar-refractivity contribution in [3.05, 3.63) is 63.6 Å². The lowest BCUT2D eigenvalue weighted by molar-refractivity contribution is -0.123. The van der Waals surface area contributed by atoms with Crippen molar-refractivity contribution in [2.24, 2.45) is 0 Å². The number of nitrogens with zero attached hydrogens (tertiary/aromatic N) is 1. The van der Waals surface area contributed by atoms with E-state index >= 15 is 0 Å². The number of nitrogens with one attached hydrogen (secondary N) is 1. The first-order chi connectivity index (χ1) is 14.0. The molecule has 2 aromatic rings. The standard InChI is InChI=1S/C23H29BrN2O3/c1-17(2)20-7-8-22(21(24)13-20)29-16-23(27)25-14-18-3-5-19(6-4-18)15-26-9-11-28-12-10-26/h3-8,13,17H,9-12,14-16H2,1-2H3,(H,25,27). The molecule has 0 saturated carbocycles. The number of benzene rings is 2. The van der Waals surface area contributed by atoms with Gasteiger partial charge >= 0.3 is 0 Å². The van der Waals surface area contributed by atoms with E-state index < -0.39 is 0 Å². The third-order valence-electron chi connectivity index (χ3n) is 5.00. The number of halogens is 1. The van der Waals surface area contributed by atoms with E-state index in [0.29, 0.717) is 18.2 Å². The summed E-state index contributed by atoms with van der Waals surface area (Å²) in [5, 5.41) is 2.91. The second-order valence-electron chi connectivity index (χ2n) is 7.61. The number of amides is 1. The molecule has 1 fully saturated rings. The summed E-state index contributed by atoms with van der Waals surface area (Å²) < 4.78 is 11.9. The summed E-state index contributed by atoms with van der Waals surface area (Å²) in [6.45, 7) is 9.30. The first-order valence-corrected chi connectivity index (χ1v) is 10.9. The van der Waals surface area contributed by atoms with E-state index in [1.54, 1.807) is 0 Å². The minimum absolute atomic E-state index is 0.00522. The first-order valence-electron chi connectivity index (χ1n) is 10.1.